The van der Waals surface area contributed by atoms with Crippen LogP contribution in [0.5, 0.6) is 5.75 Å². The molecular formula is C10H10F3NO4. The molecule has 0 aliphatic rings. The Morgan fingerprint density at radius 2 is 2.11 bits per heavy atom. The van der Waals surface area contributed by atoms with E-state index in [1.54, 1.807) is 6.92 Å². The molecule has 0 fully saturated rings. The fraction of sp³-hybridized carbons (Fsp3) is 0.400. The Morgan fingerprint density at radius 1 is 1.50 bits per heavy atom. The quantitative estimate of drug-likeness (QED) is 0.670. The topological polar surface area (TPSA) is 72.6 Å². The average molecular weight is 265 g/mol. The smallest absolute Gasteiger partial charge is 0.398 e. The van der Waals surface area contributed by atoms with Gasteiger partial charge in [0, 0.05) is 18.6 Å². The van der Waals surface area contributed by atoms with Gasteiger partial charge < -0.3 is 9.84 Å². The summed E-state index contributed by atoms with van der Waals surface area (Å²) in [7, 11) is 0. The first kappa shape index (κ1) is 14.2. The molecule has 1 unspecified atom stereocenters. The minimum absolute atomic E-state index is 0.267. The second-order valence-corrected chi connectivity index (χ2v) is 3.62. The van der Waals surface area contributed by atoms with Crippen molar-refractivity contribution in [2.24, 2.45) is 0 Å². The molecule has 5 nitrogen and oxygen atoms in total. The largest absolute Gasteiger partial charge is 0.573 e. The molecule has 0 amide bonds. The fourth-order valence-corrected chi connectivity index (χ4v) is 1.30. The highest BCUT2D eigenvalue weighted by Crippen LogP contribution is 2.34. The number of hydrogen-bond donors (Lipinski definition) is 1. The van der Waals surface area contributed by atoms with Gasteiger partial charge in [0.25, 0.3) is 0 Å². The van der Waals surface area contributed by atoms with Gasteiger partial charge in [-0.2, -0.15) is 0 Å². The van der Waals surface area contributed by atoms with Crippen LogP contribution < -0.4 is 4.74 Å². The monoisotopic (exact) mass is 265 g/mol. The maximum absolute atomic E-state index is 12.0. The standard InChI is InChI=1S/C10H10F3NO4/c1-6(5-15)7-2-3-9(18-10(11,12)13)8(4-7)14(16)17/h2-4,6,15H,5H2,1H3. The van der Waals surface area contributed by atoms with Crippen LogP contribution in [0.2, 0.25) is 0 Å². The van der Waals surface area contributed by atoms with Gasteiger partial charge in [-0.3, -0.25) is 10.1 Å². The third-order valence-electron chi connectivity index (χ3n) is 2.25. The number of alkyl halides is 3. The van der Waals surface area contributed by atoms with Crippen LogP contribution in [0.4, 0.5) is 18.9 Å². The maximum Gasteiger partial charge on any atom is 0.573 e. The predicted molar refractivity (Wildman–Crippen MR) is 55.3 cm³/mol. The van der Waals surface area contributed by atoms with E-state index in [1.165, 1.54) is 6.07 Å². The van der Waals surface area contributed by atoms with E-state index in [0.717, 1.165) is 12.1 Å². The Hall–Kier alpha value is -1.83. The zero-order chi connectivity index (χ0) is 13.9. The van der Waals surface area contributed by atoms with Crippen molar-refractivity contribution in [2.75, 3.05) is 6.61 Å². The Kier molecular flexibility index (Phi) is 4.12. The molecule has 1 atom stereocenters. The highest BCUT2D eigenvalue weighted by Gasteiger charge is 2.34. The number of ether oxygens (including phenoxy) is 1. The summed E-state index contributed by atoms with van der Waals surface area (Å²) in [5, 5.41) is 19.6. The predicted octanol–water partition coefficient (Wildman–Crippen LogP) is 2.59. The molecule has 1 aromatic carbocycles. The van der Waals surface area contributed by atoms with E-state index in [9.17, 15) is 23.3 Å². The molecule has 8 heteroatoms. The Morgan fingerprint density at radius 3 is 2.56 bits per heavy atom. The van der Waals surface area contributed by atoms with Crippen molar-refractivity contribution in [1.82, 2.24) is 0 Å². The molecule has 0 saturated heterocycles. The summed E-state index contributed by atoms with van der Waals surface area (Å²) < 4.78 is 39.6. The molecule has 0 spiro atoms. The maximum atomic E-state index is 12.0. The lowest BCUT2D eigenvalue weighted by Crippen LogP contribution is -2.18. The van der Waals surface area contributed by atoms with Crippen LogP contribution in [0.15, 0.2) is 18.2 Å². The Balaban J connectivity index is 3.17. The van der Waals surface area contributed by atoms with Crippen molar-refractivity contribution in [3.63, 3.8) is 0 Å². The van der Waals surface area contributed by atoms with Gasteiger partial charge in [0.05, 0.1) is 4.92 Å². The number of benzene rings is 1. The highest BCUT2D eigenvalue weighted by atomic mass is 19.4. The van der Waals surface area contributed by atoms with E-state index in [0.29, 0.717) is 5.56 Å². The van der Waals surface area contributed by atoms with Crippen LogP contribution in [-0.4, -0.2) is 23.0 Å². The van der Waals surface area contributed by atoms with Crippen molar-refractivity contribution < 1.29 is 27.9 Å². The molecule has 18 heavy (non-hydrogen) atoms. The first-order chi connectivity index (χ1) is 8.24. The summed E-state index contributed by atoms with van der Waals surface area (Å²) in [5.74, 6) is -1.29. The number of halogens is 3. The molecule has 0 bridgehead atoms. The van der Waals surface area contributed by atoms with Crippen molar-refractivity contribution >= 4 is 5.69 Å². The van der Waals surface area contributed by atoms with Crippen molar-refractivity contribution in [3.8, 4) is 5.75 Å². The van der Waals surface area contributed by atoms with Crippen LogP contribution in [-0.2, 0) is 0 Å². The zero-order valence-corrected chi connectivity index (χ0v) is 9.27. The molecule has 0 saturated carbocycles. The highest BCUT2D eigenvalue weighted by molar-refractivity contribution is 5.49. The summed E-state index contributed by atoms with van der Waals surface area (Å²) in [5.41, 5.74) is -0.427. The van der Waals surface area contributed by atoms with E-state index >= 15 is 0 Å². The van der Waals surface area contributed by atoms with Crippen LogP contribution in [0, 0.1) is 10.1 Å². The lowest BCUT2D eigenvalue weighted by Gasteiger charge is -2.12. The molecule has 0 aliphatic heterocycles. The summed E-state index contributed by atoms with van der Waals surface area (Å²) in [4.78, 5) is 9.70. The first-order valence-electron chi connectivity index (χ1n) is 4.89. The minimum atomic E-state index is -4.99. The number of rotatable bonds is 4. The van der Waals surface area contributed by atoms with Crippen molar-refractivity contribution in [3.05, 3.63) is 33.9 Å². The summed E-state index contributed by atoms with van der Waals surface area (Å²) >= 11 is 0. The Bertz CT molecular complexity index is 447. The molecule has 100 valence electrons. The number of hydrogen-bond acceptors (Lipinski definition) is 4. The zero-order valence-electron chi connectivity index (χ0n) is 9.27. The molecule has 1 aromatic rings. The van der Waals surface area contributed by atoms with Gasteiger partial charge >= 0.3 is 12.0 Å². The average Bonchev–Trinajstić information content (AvgIpc) is 2.26. The van der Waals surface area contributed by atoms with Gasteiger partial charge in [-0.05, 0) is 11.6 Å². The van der Waals surface area contributed by atoms with Crippen LogP contribution >= 0.6 is 0 Å². The van der Waals surface area contributed by atoms with Gasteiger partial charge in [-0.15, -0.1) is 13.2 Å². The molecule has 1 rings (SSSR count). The fourth-order valence-electron chi connectivity index (χ4n) is 1.30. The lowest BCUT2D eigenvalue weighted by molar-refractivity contribution is -0.388. The lowest BCUT2D eigenvalue weighted by atomic mass is 10.0. The van der Waals surface area contributed by atoms with E-state index in [1.807, 2.05) is 0 Å². The van der Waals surface area contributed by atoms with Gasteiger partial charge in [-0.1, -0.05) is 13.0 Å². The second-order valence-electron chi connectivity index (χ2n) is 3.62. The summed E-state index contributed by atoms with van der Waals surface area (Å²) in [6.07, 6.45) is -4.99. The molecule has 1 N–H and O–H groups in total. The van der Waals surface area contributed by atoms with Crippen LogP contribution in [0.1, 0.15) is 18.4 Å². The summed E-state index contributed by atoms with van der Waals surface area (Å²) in [6, 6.07) is 3.07. The normalized spacial score (nSPS) is 13.2. The number of nitrogens with zero attached hydrogens (tertiary/aromatic N) is 1. The Labute approximate surface area is 99.9 Å². The second kappa shape index (κ2) is 5.21. The third-order valence-corrected chi connectivity index (χ3v) is 2.25. The first-order valence-corrected chi connectivity index (χ1v) is 4.89. The van der Waals surface area contributed by atoms with E-state index in [2.05, 4.69) is 4.74 Å². The molecule has 0 heterocycles. The SMILES string of the molecule is CC(CO)c1ccc(OC(F)(F)F)c([N+](=O)[O-])c1. The van der Waals surface area contributed by atoms with Gasteiger partial charge in [0.2, 0.25) is 5.75 Å². The van der Waals surface area contributed by atoms with Gasteiger partial charge in [0.1, 0.15) is 0 Å². The number of aliphatic hydroxyl groups is 1. The number of nitro groups is 1. The molecule has 0 aromatic heterocycles. The summed E-state index contributed by atoms with van der Waals surface area (Å²) in [6.45, 7) is 1.32. The third kappa shape index (κ3) is 3.59. The minimum Gasteiger partial charge on any atom is -0.398 e. The van der Waals surface area contributed by atoms with Gasteiger partial charge in [0.15, 0.2) is 0 Å². The van der Waals surface area contributed by atoms with Crippen molar-refractivity contribution in [1.29, 1.82) is 0 Å². The number of aliphatic hydroxyl groups excluding tert-OH is 1. The van der Waals surface area contributed by atoms with E-state index < -0.39 is 28.6 Å². The number of nitro benzene ring substituents is 1. The molecular weight excluding hydrogens is 255 g/mol. The van der Waals surface area contributed by atoms with Crippen molar-refractivity contribution in [2.45, 2.75) is 19.2 Å². The van der Waals surface area contributed by atoms with E-state index in [4.69, 9.17) is 5.11 Å². The van der Waals surface area contributed by atoms with E-state index in [-0.39, 0.29) is 6.61 Å². The molecule has 0 aliphatic carbocycles. The van der Waals surface area contributed by atoms with Gasteiger partial charge in [-0.25, -0.2) is 0 Å². The molecule has 0 radical (unpaired) electrons. The van der Waals surface area contributed by atoms with Crippen LogP contribution in [0.25, 0.3) is 0 Å². The van der Waals surface area contributed by atoms with Crippen LogP contribution in [0.3, 0.4) is 0 Å².